The average molecular weight is 341 g/mol. The molecule has 2 N–H and O–H groups in total. The smallest absolute Gasteiger partial charge is 0.180 e. The van der Waals surface area contributed by atoms with Gasteiger partial charge in [0.2, 0.25) is 0 Å². The van der Waals surface area contributed by atoms with Crippen molar-refractivity contribution in [3.8, 4) is 5.75 Å². The Morgan fingerprint density at radius 3 is 2.62 bits per heavy atom. The summed E-state index contributed by atoms with van der Waals surface area (Å²) in [6.07, 6.45) is 2.79. The van der Waals surface area contributed by atoms with Gasteiger partial charge in [-0.2, -0.15) is 5.10 Å². The molecule has 2 rings (SSSR count). The van der Waals surface area contributed by atoms with E-state index in [1.807, 2.05) is 49.4 Å². The Morgan fingerprint density at radius 2 is 1.88 bits per heavy atom. The lowest BCUT2D eigenvalue weighted by atomic mass is 10.2. The highest BCUT2D eigenvalue weighted by Crippen LogP contribution is 2.18. The van der Waals surface area contributed by atoms with E-state index in [0.717, 1.165) is 23.5 Å². The van der Waals surface area contributed by atoms with E-state index in [0.29, 0.717) is 5.17 Å². The molecule has 0 fully saturated rings. The SMILES string of the molecule is CCC(C)Oc1ccccc1C=NN=C(N)SCc1ccccc1. The molecule has 4 nitrogen and oxygen atoms in total. The zero-order valence-electron chi connectivity index (χ0n) is 14.1. The first kappa shape index (κ1) is 18.1. The van der Waals surface area contributed by atoms with Gasteiger partial charge in [0.05, 0.1) is 12.3 Å². The van der Waals surface area contributed by atoms with E-state index in [1.165, 1.54) is 17.3 Å². The van der Waals surface area contributed by atoms with Gasteiger partial charge in [-0.15, -0.1) is 5.10 Å². The summed E-state index contributed by atoms with van der Waals surface area (Å²) >= 11 is 1.47. The summed E-state index contributed by atoms with van der Waals surface area (Å²) in [5, 5.41) is 8.57. The van der Waals surface area contributed by atoms with Crippen LogP contribution in [0.25, 0.3) is 0 Å². The van der Waals surface area contributed by atoms with Gasteiger partial charge in [-0.25, -0.2) is 0 Å². The van der Waals surface area contributed by atoms with Crippen LogP contribution in [-0.2, 0) is 5.75 Å². The van der Waals surface area contributed by atoms with E-state index in [1.54, 1.807) is 6.21 Å². The van der Waals surface area contributed by atoms with Crippen LogP contribution >= 0.6 is 11.8 Å². The molecule has 0 heterocycles. The molecular weight excluding hydrogens is 318 g/mol. The molecule has 0 aromatic heterocycles. The number of rotatable bonds is 7. The molecule has 2 aromatic rings. The summed E-state index contributed by atoms with van der Waals surface area (Å²) in [4.78, 5) is 0. The summed E-state index contributed by atoms with van der Waals surface area (Å²) in [5.74, 6) is 1.58. The van der Waals surface area contributed by atoms with E-state index in [-0.39, 0.29) is 6.10 Å². The van der Waals surface area contributed by atoms with Crippen LogP contribution in [0.5, 0.6) is 5.75 Å². The van der Waals surface area contributed by atoms with E-state index < -0.39 is 0 Å². The summed E-state index contributed by atoms with van der Waals surface area (Å²) in [6.45, 7) is 4.14. The number of ether oxygens (including phenoxy) is 1. The summed E-state index contributed by atoms with van der Waals surface area (Å²) in [7, 11) is 0. The number of nitrogens with zero attached hydrogens (tertiary/aromatic N) is 2. The number of para-hydroxylation sites is 1. The molecule has 0 radical (unpaired) electrons. The molecule has 0 bridgehead atoms. The van der Waals surface area contributed by atoms with Gasteiger partial charge in [0, 0.05) is 11.3 Å². The van der Waals surface area contributed by atoms with Crippen molar-refractivity contribution in [1.29, 1.82) is 0 Å². The molecular formula is C19H23N3OS. The third-order valence-electron chi connectivity index (χ3n) is 3.40. The normalized spacial score (nSPS) is 13.2. The largest absolute Gasteiger partial charge is 0.490 e. The highest BCUT2D eigenvalue weighted by molar-refractivity contribution is 8.13. The van der Waals surface area contributed by atoms with Gasteiger partial charge in [0.15, 0.2) is 5.17 Å². The van der Waals surface area contributed by atoms with Gasteiger partial charge in [-0.05, 0) is 31.0 Å². The molecule has 0 aliphatic rings. The summed E-state index contributed by atoms with van der Waals surface area (Å²) in [5.41, 5.74) is 7.99. The highest BCUT2D eigenvalue weighted by atomic mass is 32.2. The number of hydrogen-bond donors (Lipinski definition) is 1. The molecule has 0 aliphatic carbocycles. The lowest BCUT2D eigenvalue weighted by Crippen LogP contribution is -2.11. The van der Waals surface area contributed by atoms with Crippen molar-refractivity contribution in [1.82, 2.24) is 0 Å². The second-order valence-electron chi connectivity index (χ2n) is 5.33. The van der Waals surface area contributed by atoms with Crippen molar-refractivity contribution in [2.24, 2.45) is 15.9 Å². The fourth-order valence-corrected chi connectivity index (χ4v) is 2.51. The molecule has 0 saturated carbocycles. The molecule has 126 valence electrons. The Balaban J connectivity index is 1.95. The van der Waals surface area contributed by atoms with Crippen LogP contribution in [-0.4, -0.2) is 17.5 Å². The average Bonchev–Trinajstić information content (AvgIpc) is 2.62. The maximum absolute atomic E-state index is 5.89. The lowest BCUT2D eigenvalue weighted by Gasteiger charge is -2.14. The van der Waals surface area contributed by atoms with Gasteiger partial charge in [0.1, 0.15) is 5.75 Å². The molecule has 1 atom stereocenters. The minimum absolute atomic E-state index is 0.162. The zero-order valence-corrected chi connectivity index (χ0v) is 14.9. The number of thioether (sulfide) groups is 1. The third-order valence-corrected chi connectivity index (χ3v) is 4.26. The van der Waals surface area contributed by atoms with Crippen molar-refractivity contribution in [3.05, 3.63) is 65.7 Å². The van der Waals surface area contributed by atoms with Gasteiger partial charge in [-0.3, -0.25) is 0 Å². The Hall–Kier alpha value is -2.27. The van der Waals surface area contributed by atoms with Crippen LogP contribution in [0.15, 0.2) is 64.8 Å². The van der Waals surface area contributed by atoms with Crippen molar-refractivity contribution in [3.63, 3.8) is 0 Å². The van der Waals surface area contributed by atoms with Crippen LogP contribution in [0.2, 0.25) is 0 Å². The fourth-order valence-electron chi connectivity index (χ4n) is 1.90. The lowest BCUT2D eigenvalue weighted by molar-refractivity contribution is 0.217. The molecule has 0 aliphatic heterocycles. The standard InChI is InChI=1S/C19H23N3OS/c1-3-15(2)23-18-12-8-7-11-17(18)13-21-22-19(20)24-14-16-9-5-4-6-10-16/h4-13,15H,3,14H2,1-2H3,(H2,20,22). The topological polar surface area (TPSA) is 60.0 Å². The van der Waals surface area contributed by atoms with E-state index in [2.05, 4.69) is 29.3 Å². The van der Waals surface area contributed by atoms with Gasteiger partial charge in [0.25, 0.3) is 0 Å². The predicted molar refractivity (Wildman–Crippen MR) is 104 cm³/mol. The van der Waals surface area contributed by atoms with Gasteiger partial charge >= 0.3 is 0 Å². The second kappa shape index (κ2) is 9.78. The van der Waals surface area contributed by atoms with Crippen molar-refractivity contribution >= 4 is 23.1 Å². The number of amidine groups is 1. The molecule has 0 saturated heterocycles. The molecule has 5 heteroatoms. The van der Waals surface area contributed by atoms with Crippen LogP contribution < -0.4 is 10.5 Å². The predicted octanol–water partition coefficient (Wildman–Crippen LogP) is 4.45. The van der Waals surface area contributed by atoms with Gasteiger partial charge in [-0.1, -0.05) is 61.2 Å². The molecule has 2 aromatic carbocycles. The van der Waals surface area contributed by atoms with Crippen LogP contribution in [0.1, 0.15) is 31.4 Å². The maximum atomic E-state index is 5.89. The summed E-state index contributed by atoms with van der Waals surface area (Å²) in [6, 6.07) is 17.9. The summed E-state index contributed by atoms with van der Waals surface area (Å²) < 4.78 is 5.88. The van der Waals surface area contributed by atoms with Crippen molar-refractivity contribution < 1.29 is 4.74 Å². The fraction of sp³-hybridized carbons (Fsp3) is 0.263. The molecule has 0 amide bonds. The number of benzene rings is 2. The first-order valence-corrected chi connectivity index (χ1v) is 8.96. The van der Waals surface area contributed by atoms with Crippen molar-refractivity contribution in [2.75, 3.05) is 0 Å². The highest BCUT2D eigenvalue weighted by Gasteiger charge is 2.04. The Labute approximate surface area is 147 Å². The van der Waals surface area contributed by atoms with Crippen LogP contribution in [0.3, 0.4) is 0 Å². The number of nitrogens with two attached hydrogens (primary N) is 1. The van der Waals surface area contributed by atoms with E-state index in [9.17, 15) is 0 Å². The van der Waals surface area contributed by atoms with E-state index in [4.69, 9.17) is 10.5 Å². The minimum Gasteiger partial charge on any atom is -0.490 e. The molecule has 24 heavy (non-hydrogen) atoms. The molecule has 1 unspecified atom stereocenters. The Bertz CT molecular complexity index is 686. The maximum Gasteiger partial charge on any atom is 0.180 e. The first-order valence-electron chi connectivity index (χ1n) is 7.98. The zero-order chi connectivity index (χ0) is 17.2. The third kappa shape index (κ3) is 6.08. The van der Waals surface area contributed by atoms with Crippen LogP contribution in [0.4, 0.5) is 0 Å². The van der Waals surface area contributed by atoms with E-state index >= 15 is 0 Å². The Morgan fingerprint density at radius 1 is 1.17 bits per heavy atom. The quantitative estimate of drug-likeness (QED) is 0.460. The molecule has 0 spiro atoms. The Kier molecular flexibility index (Phi) is 7.36. The monoisotopic (exact) mass is 341 g/mol. The minimum atomic E-state index is 0.162. The van der Waals surface area contributed by atoms with Crippen molar-refractivity contribution in [2.45, 2.75) is 32.1 Å². The van der Waals surface area contributed by atoms with Gasteiger partial charge < -0.3 is 10.5 Å². The number of hydrogen-bond acceptors (Lipinski definition) is 4. The second-order valence-corrected chi connectivity index (χ2v) is 6.33. The first-order chi connectivity index (χ1) is 11.7. The van der Waals surface area contributed by atoms with Crippen LogP contribution in [0, 0.1) is 0 Å².